The maximum Gasteiger partial charge on any atom is 0.232 e. The zero-order valence-corrected chi connectivity index (χ0v) is 21.7. The van der Waals surface area contributed by atoms with Crippen molar-refractivity contribution in [1.82, 2.24) is 8.61 Å². The van der Waals surface area contributed by atoms with Gasteiger partial charge in [-0.05, 0) is 6.42 Å². The monoisotopic (exact) mass is 512 g/mol. The van der Waals surface area contributed by atoms with Crippen LogP contribution in [0.25, 0.3) is 0 Å². The molecule has 0 N–H and O–H groups in total. The minimum atomic E-state index is -4.43. The first-order valence-electron chi connectivity index (χ1n) is 11.7. The molecule has 34 heavy (non-hydrogen) atoms. The second-order valence-corrected chi connectivity index (χ2v) is 12.4. The van der Waals surface area contributed by atoms with Crippen LogP contribution in [0.2, 0.25) is 0 Å². The largest absolute Gasteiger partial charge is 0.232 e. The quantitative estimate of drug-likeness (QED) is 0.223. The third kappa shape index (κ3) is 11.3. The lowest BCUT2D eigenvalue weighted by atomic mass is 10.1. The Kier molecular flexibility index (Phi) is 17.0. The molecule has 0 fully saturated rings. The van der Waals surface area contributed by atoms with Crippen LogP contribution in [0.1, 0.15) is 84.0 Å². The van der Waals surface area contributed by atoms with Gasteiger partial charge in [-0.25, -0.2) is 16.8 Å². The molecule has 0 saturated carbocycles. The third-order valence-corrected chi connectivity index (χ3v) is 10.7. The molecule has 0 saturated heterocycles. The van der Waals surface area contributed by atoms with Gasteiger partial charge in [0.15, 0.2) is 4.58 Å². The number of rotatable bonds is 20. The molecule has 0 aromatic heterocycles. The van der Waals surface area contributed by atoms with Crippen LogP contribution < -0.4 is 0 Å². The summed E-state index contributed by atoms with van der Waals surface area (Å²) < 4.78 is 54.1. The summed E-state index contributed by atoms with van der Waals surface area (Å²) >= 11 is 0. The Morgan fingerprint density at radius 2 is 0.912 bits per heavy atom. The second kappa shape index (κ2) is 18.2. The fraction of sp³-hybridized carbons (Fsp3) is 0.818. The molecular weight excluding hydrogens is 476 g/mol. The fourth-order valence-corrected chi connectivity index (χ4v) is 8.42. The van der Waals surface area contributed by atoms with Gasteiger partial charge in [0.25, 0.3) is 0 Å². The van der Waals surface area contributed by atoms with Crippen LogP contribution in [0.5, 0.6) is 0 Å². The number of nitrogens with zero attached hydrogens (tertiary/aromatic N) is 6. The molecule has 0 bridgehead atoms. The first kappa shape index (κ1) is 31.8. The average molecular weight is 513 g/mol. The third-order valence-electron chi connectivity index (χ3n) is 5.32. The lowest BCUT2D eigenvalue weighted by Crippen LogP contribution is -2.49. The summed E-state index contributed by atoms with van der Waals surface area (Å²) in [4.78, 5) is 0. The molecule has 0 aromatic carbocycles. The Morgan fingerprint density at radius 1 is 0.588 bits per heavy atom. The summed E-state index contributed by atoms with van der Waals surface area (Å²) in [5.41, 5.74) is 0. The summed E-state index contributed by atoms with van der Waals surface area (Å²) in [5, 5.41) is 35.7. The standard InChI is InChI=1S/C22H36N6O4S2/c1-2-3-4-5-6-7-8-13-22(33(29,30)27(18-9-14-23)19-10-15-24)34(31,32)28(20-11-16-25)21-12-17-26/h22H,2-13,18-21H2,1H3. The van der Waals surface area contributed by atoms with E-state index in [0.29, 0.717) is 12.8 Å². The molecule has 0 atom stereocenters. The van der Waals surface area contributed by atoms with Gasteiger partial charge in [-0.1, -0.05) is 51.9 Å². The van der Waals surface area contributed by atoms with Crippen molar-refractivity contribution in [2.75, 3.05) is 26.2 Å². The van der Waals surface area contributed by atoms with Gasteiger partial charge in [-0.3, -0.25) is 0 Å². The average Bonchev–Trinajstić information content (AvgIpc) is 2.80. The molecule has 0 aliphatic heterocycles. The van der Waals surface area contributed by atoms with Gasteiger partial charge >= 0.3 is 0 Å². The topological polar surface area (TPSA) is 170 Å². The van der Waals surface area contributed by atoms with E-state index in [1.54, 1.807) is 0 Å². The Labute approximate surface area is 205 Å². The van der Waals surface area contributed by atoms with Crippen molar-refractivity contribution in [3.05, 3.63) is 0 Å². The van der Waals surface area contributed by atoms with E-state index in [4.69, 9.17) is 21.0 Å². The van der Waals surface area contributed by atoms with E-state index in [2.05, 4.69) is 6.92 Å². The first-order valence-corrected chi connectivity index (χ1v) is 14.7. The number of hydrogen-bond donors (Lipinski definition) is 0. The Balaban J connectivity index is 5.97. The molecule has 0 rings (SSSR count). The molecule has 0 heterocycles. The predicted octanol–water partition coefficient (Wildman–Crippen LogP) is 3.37. The molecule has 0 spiro atoms. The molecule has 0 unspecified atom stereocenters. The number of sulfonamides is 2. The van der Waals surface area contributed by atoms with Crippen LogP contribution in [0.4, 0.5) is 0 Å². The van der Waals surface area contributed by atoms with Crippen LogP contribution in [0, 0.1) is 45.3 Å². The van der Waals surface area contributed by atoms with Crippen LogP contribution in [0.15, 0.2) is 0 Å². The van der Waals surface area contributed by atoms with E-state index in [0.717, 1.165) is 40.7 Å². The van der Waals surface area contributed by atoms with Gasteiger partial charge in [0.2, 0.25) is 20.0 Å². The molecular formula is C22H36N6O4S2. The van der Waals surface area contributed by atoms with Crippen molar-refractivity contribution in [2.24, 2.45) is 0 Å². The second-order valence-electron chi connectivity index (χ2n) is 7.86. The zero-order chi connectivity index (χ0) is 25.9. The maximum absolute atomic E-state index is 13.5. The van der Waals surface area contributed by atoms with Crippen molar-refractivity contribution < 1.29 is 16.8 Å². The SMILES string of the molecule is CCCCCCCCCC(S(=O)(=O)N(CCC#N)CCC#N)S(=O)(=O)N(CCC#N)CCC#N. The van der Waals surface area contributed by atoms with Crippen molar-refractivity contribution in [2.45, 2.75) is 88.6 Å². The van der Waals surface area contributed by atoms with Gasteiger partial charge in [0, 0.05) is 51.9 Å². The summed E-state index contributed by atoms with van der Waals surface area (Å²) in [6, 6.07) is 7.43. The van der Waals surface area contributed by atoms with Crippen molar-refractivity contribution in [3.63, 3.8) is 0 Å². The summed E-state index contributed by atoms with van der Waals surface area (Å²) in [7, 11) is -8.85. The molecule has 0 amide bonds. The minimum Gasteiger partial charge on any atom is -0.211 e. The highest BCUT2D eigenvalue weighted by Crippen LogP contribution is 2.26. The van der Waals surface area contributed by atoms with Gasteiger partial charge < -0.3 is 0 Å². The zero-order valence-electron chi connectivity index (χ0n) is 20.0. The molecule has 10 nitrogen and oxygen atoms in total. The predicted molar refractivity (Wildman–Crippen MR) is 128 cm³/mol. The van der Waals surface area contributed by atoms with E-state index in [9.17, 15) is 16.8 Å². The molecule has 0 aromatic rings. The van der Waals surface area contributed by atoms with Crippen LogP contribution >= 0.6 is 0 Å². The van der Waals surface area contributed by atoms with Crippen molar-refractivity contribution in [1.29, 1.82) is 21.0 Å². The van der Waals surface area contributed by atoms with Gasteiger partial charge in [0.1, 0.15) is 0 Å². The number of unbranched alkanes of at least 4 members (excludes halogenated alkanes) is 6. The van der Waals surface area contributed by atoms with Crippen LogP contribution in [-0.4, -0.2) is 56.2 Å². The molecule has 190 valence electrons. The van der Waals surface area contributed by atoms with E-state index in [1.807, 2.05) is 24.3 Å². The van der Waals surface area contributed by atoms with Gasteiger partial charge in [-0.2, -0.15) is 29.7 Å². The highest BCUT2D eigenvalue weighted by atomic mass is 32.3. The Bertz CT molecular complexity index is 849. The summed E-state index contributed by atoms with van der Waals surface area (Å²) in [6.07, 6.45) is 5.52. The molecule has 12 heteroatoms. The van der Waals surface area contributed by atoms with E-state index in [1.165, 1.54) is 0 Å². The van der Waals surface area contributed by atoms with Gasteiger partial charge in [0.05, 0.1) is 24.3 Å². The fourth-order valence-electron chi connectivity index (χ4n) is 3.48. The Hall–Kier alpha value is -2.22. The highest BCUT2D eigenvalue weighted by Gasteiger charge is 2.43. The highest BCUT2D eigenvalue weighted by molar-refractivity contribution is 8.07. The molecule has 0 radical (unpaired) electrons. The van der Waals surface area contributed by atoms with Crippen LogP contribution in [0.3, 0.4) is 0 Å². The lowest BCUT2D eigenvalue weighted by molar-refractivity contribution is 0.402. The summed E-state index contributed by atoms with van der Waals surface area (Å²) in [6.45, 7) is 1.27. The maximum atomic E-state index is 13.5. The van der Waals surface area contributed by atoms with E-state index < -0.39 is 24.6 Å². The van der Waals surface area contributed by atoms with Crippen LogP contribution in [-0.2, 0) is 20.0 Å². The van der Waals surface area contributed by atoms with E-state index >= 15 is 0 Å². The normalized spacial score (nSPS) is 11.8. The smallest absolute Gasteiger partial charge is 0.211 e. The molecule has 0 aliphatic rings. The van der Waals surface area contributed by atoms with Crippen molar-refractivity contribution >= 4 is 20.0 Å². The Morgan fingerprint density at radius 3 is 1.24 bits per heavy atom. The summed E-state index contributed by atoms with van der Waals surface area (Å²) in [5.74, 6) is 0. The lowest BCUT2D eigenvalue weighted by Gasteiger charge is -2.30. The number of nitriles is 4. The number of hydrogen-bond acceptors (Lipinski definition) is 8. The van der Waals surface area contributed by atoms with Gasteiger partial charge in [-0.15, -0.1) is 0 Å². The molecule has 0 aliphatic carbocycles. The van der Waals surface area contributed by atoms with E-state index in [-0.39, 0.29) is 58.3 Å². The minimum absolute atomic E-state index is 0.135. The van der Waals surface area contributed by atoms with Crippen molar-refractivity contribution in [3.8, 4) is 24.3 Å². The first-order chi connectivity index (χ1) is 16.2.